The van der Waals surface area contributed by atoms with E-state index in [1.807, 2.05) is 4.90 Å². The summed E-state index contributed by atoms with van der Waals surface area (Å²) in [5.74, 6) is 1.11. The predicted octanol–water partition coefficient (Wildman–Crippen LogP) is 4.18. The van der Waals surface area contributed by atoms with Crippen LogP contribution < -0.4 is 0 Å². The number of alkyl halides is 3. The van der Waals surface area contributed by atoms with E-state index in [0.717, 1.165) is 69.6 Å². The lowest BCUT2D eigenvalue weighted by Crippen LogP contribution is -2.45. The van der Waals surface area contributed by atoms with Crippen LogP contribution in [0.1, 0.15) is 43.7 Å². The van der Waals surface area contributed by atoms with Gasteiger partial charge in [-0.1, -0.05) is 19.1 Å². The van der Waals surface area contributed by atoms with Gasteiger partial charge in [-0.3, -0.25) is 9.69 Å². The number of nitrogens with zero attached hydrogens (tertiary/aromatic N) is 2. The second kappa shape index (κ2) is 7.99. The Balaban J connectivity index is 1.47. The van der Waals surface area contributed by atoms with Crippen LogP contribution in [0.3, 0.4) is 0 Å². The largest absolute Gasteiger partial charge is 0.416 e. The molecule has 2 heterocycles. The van der Waals surface area contributed by atoms with Crippen LogP contribution >= 0.6 is 0 Å². The molecule has 1 amide bonds. The lowest BCUT2D eigenvalue weighted by molar-refractivity contribution is -0.138. The normalized spacial score (nSPS) is 21.2. The van der Waals surface area contributed by atoms with Crippen LogP contribution in [0.2, 0.25) is 0 Å². The number of amides is 1. The fourth-order valence-electron chi connectivity index (χ4n) is 3.88. The molecule has 144 valence electrons. The van der Waals surface area contributed by atoms with Crippen molar-refractivity contribution >= 4 is 5.91 Å². The number of hydrogen-bond acceptors (Lipinski definition) is 2. The zero-order valence-electron chi connectivity index (χ0n) is 15.3. The van der Waals surface area contributed by atoms with Crippen molar-refractivity contribution in [1.82, 2.24) is 9.80 Å². The zero-order valence-corrected chi connectivity index (χ0v) is 15.3. The first-order valence-corrected chi connectivity index (χ1v) is 9.50. The van der Waals surface area contributed by atoms with Gasteiger partial charge >= 0.3 is 6.18 Å². The molecule has 0 spiro atoms. The van der Waals surface area contributed by atoms with E-state index in [9.17, 15) is 18.0 Å². The van der Waals surface area contributed by atoms with Crippen molar-refractivity contribution in [2.75, 3.05) is 26.2 Å². The highest BCUT2D eigenvalue weighted by Crippen LogP contribution is 2.29. The van der Waals surface area contributed by atoms with Crippen molar-refractivity contribution in [3.8, 4) is 0 Å². The molecule has 1 aromatic rings. The summed E-state index contributed by atoms with van der Waals surface area (Å²) < 4.78 is 37.9. The molecule has 0 radical (unpaired) electrons. The number of piperidine rings is 2. The molecule has 6 heteroatoms. The zero-order chi connectivity index (χ0) is 18.7. The van der Waals surface area contributed by atoms with Crippen LogP contribution in [-0.4, -0.2) is 41.9 Å². The average Bonchev–Trinajstić information content (AvgIpc) is 2.62. The molecule has 0 saturated carbocycles. The molecule has 2 fully saturated rings. The van der Waals surface area contributed by atoms with E-state index in [1.165, 1.54) is 0 Å². The quantitative estimate of drug-likeness (QED) is 0.799. The van der Waals surface area contributed by atoms with Crippen LogP contribution in [-0.2, 0) is 17.5 Å². The van der Waals surface area contributed by atoms with E-state index in [0.29, 0.717) is 18.4 Å². The van der Waals surface area contributed by atoms with Gasteiger partial charge in [0.1, 0.15) is 0 Å². The number of carbonyl (C=O) groups excluding carboxylic acids is 1. The minimum atomic E-state index is -4.29. The van der Waals surface area contributed by atoms with E-state index in [-0.39, 0.29) is 5.92 Å². The number of rotatable bonds is 3. The Bertz CT molecular complexity index is 598. The highest BCUT2D eigenvalue weighted by molar-refractivity contribution is 5.79. The first-order chi connectivity index (χ1) is 12.3. The second-order valence-corrected chi connectivity index (χ2v) is 7.75. The van der Waals surface area contributed by atoms with E-state index >= 15 is 0 Å². The van der Waals surface area contributed by atoms with Gasteiger partial charge < -0.3 is 4.90 Å². The Morgan fingerprint density at radius 3 is 2.12 bits per heavy atom. The molecule has 0 aromatic heterocycles. The van der Waals surface area contributed by atoms with Crippen LogP contribution in [0.5, 0.6) is 0 Å². The third kappa shape index (κ3) is 4.78. The fraction of sp³-hybridized carbons (Fsp3) is 0.650. The smallest absolute Gasteiger partial charge is 0.342 e. The van der Waals surface area contributed by atoms with Crippen molar-refractivity contribution in [2.45, 2.75) is 45.3 Å². The summed E-state index contributed by atoms with van der Waals surface area (Å²) >= 11 is 0. The molecule has 0 atom stereocenters. The molecule has 3 nitrogen and oxygen atoms in total. The summed E-state index contributed by atoms with van der Waals surface area (Å²) in [5.41, 5.74) is 0.272. The average molecular weight is 368 g/mol. The Morgan fingerprint density at radius 2 is 1.58 bits per heavy atom. The molecular formula is C20H27F3N2O. The third-order valence-corrected chi connectivity index (χ3v) is 5.72. The summed E-state index contributed by atoms with van der Waals surface area (Å²) in [6, 6.07) is 5.38. The molecule has 2 aliphatic heterocycles. The maximum atomic E-state index is 12.7. The van der Waals surface area contributed by atoms with E-state index in [2.05, 4.69) is 11.8 Å². The molecule has 0 N–H and O–H groups in total. The Kier molecular flexibility index (Phi) is 5.90. The van der Waals surface area contributed by atoms with E-state index in [4.69, 9.17) is 0 Å². The minimum Gasteiger partial charge on any atom is -0.342 e. The van der Waals surface area contributed by atoms with E-state index in [1.54, 1.807) is 12.1 Å². The van der Waals surface area contributed by atoms with Gasteiger partial charge in [-0.2, -0.15) is 13.2 Å². The third-order valence-electron chi connectivity index (χ3n) is 5.72. The van der Waals surface area contributed by atoms with Crippen molar-refractivity contribution in [1.29, 1.82) is 0 Å². The first kappa shape index (κ1) is 19.2. The molecule has 26 heavy (non-hydrogen) atoms. The highest BCUT2D eigenvalue weighted by Gasteiger charge is 2.31. The predicted molar refractivity (Wildman–Crippen MR) is 94.4 cm³/mol. The monoisotopic (exact) mass is 368 g/mol. The van der Waals surface area contributed by atoms with Crippen molar-refractivity contribution in [3.05, 3.63) is 35.4 Å². The minimum absolute atomic E-state index is 0.104. The summed E-state index contributed by atoms with van der Waals surface area (Å²) in [6.45, 7) is 6.28. The van der Waals surface area contributed by atoms with Crippen LogP contribution in [0.25, 0.3) is 0 Å². The molecule has 0 aliphatic carbocycles. The molecule has 0 unspecified atom stereocenters. The van der Waals surface area contributed by atoms with Gasteiger partial charge in [0.05, 0.1) is 5.56 Å². The summed E-state index contributed by atoms with van der Waals surface area (Å²) in [7, 11) is 0. The Morgan fingerprint density at radius 1 is 1.00 bits per heavy atom. The Labute approximate surface area is 153 Å². The molecule has 2 saturated heterocycles. The number of carbonyl (C=O) groups is 1. The van der Waals surface area contributed by atoms with Crippen LogP contribution in [0.4, 0.5) is 13.2 Å². The van der Waals surface area contributed by atoms with Crippen LogP contribution in [0.15, 0.2) is 24.3 Å². The summed E-state index contributed by atoms with van der Waals surface area (Å²) in [6.07, 6.45) is -0.419. The van der Waals surface area contributed by atoms with Gasteiger partial charge in [0.2, 0.25) is 5.91 Å². The van der Waals surface area contributed by atoms with Gasteiger partial charge in [0.15, 0.2) is 0 Å². The van der Waals surface area contributed by atoms with Gasteiger partial charge in [-0.05, 0) is 62.4 Å². The van der Waals surface area contributed by atoms with Gasteiger partial charge in [0.25, 0.3) is 0 Å². The lowest BCUT2D eigenvalue weighted by Gasteiger charge is -2.36. The fourth-order valence-corrected chi connectivity index (χ4v) is 3.88. The molecular weight excluding hydrogens is 341 g/mol. The second-order valence-electron chi connectivity index (χ2n) is 7.75. The van der Waals surface area contributed by atoms with Gasteiger partial charge in [-0.15, -0.1) is 0 Å². The maximum Gasteiger partial charge on any atom is 0.416 e. The van der Waals surface area contributed by atoms with Crippen molar-refractivity contribution in [2.24, 2.45) is 11.8 Å². The molecule has 0 bridgehead atoms. The summed E-state index contributed by atoms with van der Waals surface area (Å²) in [5, 5.41) is 0. The molecule has 1 aromatic carbocycles. The number of hydrogen-bond donors (Lipinski definition) is 0. The first-order valence-electron chi connectivity index (χ1n) is 9.50. The lowest BCUT2D eigenvalue weighted by atomic mass is 9.92. The SMILES string of the molecule is CC1CCN(C(=O)C2CCN(Cc3ccc(C(F)(F)F)cc3)CC2)CC1. The number of benzene rings is 1. The summed E-state index contributed by atoms with van der Waals surface area (Å²) in [4.78, 5) is 16.9. The molecule has 2 aliphatic rings. The standard InChI is InChI=1S/C20H27F3N2O/c1-15-6-12-25(13-7-15)19(26)17-8-10-24(11-9-17)14-16-2-4-18(5-3-16)20(21,22)23/h2-5,15,17H,6-14H2,1H3. The maximum absolute atomic E-state index is 12.7. The van der Waals surface area contributed by atoms with E-state index < -0.39 is 11.7 Å². The Hall–Kier alpha value is -1.56. The van der Waals surface area contributed by atoms with Crippen molar-refractivity contribution in [3.63, 3.8) is 0 Å². The van der Waals surface area contributed by atoms with Crippen molar-refractivity contribution < 1.29 is 18.0 Å². The van der Waals surface area contributed by atoms with Gasteiger partial charge in [0, 0.05) is 25.6 Å². The highest BCUT2D eigenvalue weighted by atomic mass is 19.4. The van der Waals surface area contributed by atoms with Gasteiger partial charge in [-0.25, -0.2) is 0 Å². The number of likely N-dealkylation sites (tertiary alicyclic amines) is 2. The molecule has 3 rings (SSSR count). The number of halogens is 3. The topological polar surface area (TPSA) is 23.6 Å². The van der Waals surface area contributed by atoms with Crippen LogP contribution in [0, 0.1) is 11.8 Å².